The van der Waals surface area contributed by atoms with E-state index >= 15 is 0 Å². The van der Waals surface area contributed by atoms with Gasteiger partial charge in [-0.25, -0.2) is 0 Å². The lowest BCUT2D eigenvalue weighted by Crippen LogP contribution is -2.27. The van der Waals surface area contributed by atoms with E-state index in [0.717, 1.165) is 18.7 Å². The maximum atomic E-state index is 5.15. The van der Waals surface area contributed by atoms with Crippen molar-refractivity contribution in [3.63, 3.8) is 0 Å². The van der Waals surface area contributed by atoms with Crippen molar-refractivity contribution < 1.29 is 9.47 Å². The zero-order valence-corrected chi connectivity index (χ0v) is 10.1. The molecule has 1 atom stereocenters. The zero-order chi connectivity index (χ0) is 11.8. The van der Waals surface area contributed by atoms with Gasteiger partial charge in [-0.3, -0.25) is 0 Å². The van der Waals surface area contributed by atoms with Crippen LogP contribution >= 0.6 is 0 Å². The summed E-state index contributed by atoms with van der Waals surface area (Å²) in [5.74, 6) is 0.524. The lowest BCUT2D eigenvalue weighted by atomic mass is 10.2. The van der Waals surface area contributed by atoms with E-state index in [0.29, 0.717) is 12.5 Å². The fourth-order valence-electron chi connectivity index (χ4n) is 1.36. The predicted molar refractivity (Wildman–Crippen MR) is 61.5 cm³/mol. The van der Waals surface area contributed by atoms with E-state index in [1.807, 2.05) is 6.07 Å². The molecule has 0 spiro atoms. The van der Waals surface area contributed by atoms with Crippen LogP contribution in [-0.4, -0.2) is 37.6 Å². The van der Waals surface area contributed by atoms with E-state index in [4.69, 9.17) is 9.47 Å². The van der Waals surface area contributed by atoms with Crippen LogP contribution in [0, 0.1) is 0 Å². The molecule has 0 aliphatic heterocycles. The van der Waals surface area contributed by atoms with E-state index in [-0.39, 0.29) is 6.04 Å². The molecule has 1 unspecified atom stereocenters. The quantitative estimate of drug-likeness (QED) is 0.755. The van der Waals surface area contributed by atoms with Gasteiger partial charge < -0.3 is 14.8 Å². The molecule has 0 bridgehead atoms. The summed E-state index contributed by atoms with van der Waals surface area (Å²) in [6, 6.07) is 3.79. The summed E-state index contributed by atoms with van der Waals surface area (Å²) in [6.07, 6.45) is 1.07. The predicted octanol–water partition coefficient (Wildman–Crippen LogP) is 1.17. The Morgan fingerprint density at radius 3 is 2.62 bits per heavy atom. The van der Waals surface area contributed by atoms with Crippen LogP contribution in [0.3, 0.4) is 0 Å². The molecule has 0 saturated carbocycles. The van der Waals surface area contributed by atoms with Crippen molar-refractivity contribution in [2.24, 2.45) is 0 Å². The second kappa shape index (κ2) is 7.14. The van der Waals surface area contributed by atoms with Crippen molar-refractivity contribution in [1.82, 2.24) is 15.5 Å². The Bertz CT molecular complexity index is 290. The minimum atomic E-state index is 0.0864. The average molecular weight is 225 g/mol. The molecule has 0 fully saturated rings. The SMILES string of the molecule is CCCNC(COC)c1ccc(OC)nn1. The van der Waals surface area contributed by atoms with Crippen LogP contribution in [0.5, 0.6) is 5.88 Å². The first-order valence-corrected chi connectivity index (χ1v) is 5.41. The molecule has 0 aromatic carbocycles. The van der Waals surface area contributed by atoms with E-state index in [2.05, 4.69) is 22.4 Å². The van der Waals surface area contributed by atoms with Crippen molar-refractivity contribution in [3.8, 4) is 5.88 Å². The summed E-state index contributed by atoms with van der Waals surface area (Å²) >= 11 is 0. The monoisotopic (exact) mass is 225 g/mol. The molecule has 0 amide bonds. The minimum absolute atomic E-state index is 0.0864. The maximum absolute atomic E-state index is 5.15. The third-order valence-corrected chi connectivity index (χ3v) is 2.20. The molecule has 0 aliphatic carbocycles. The van der Waals surface area contributed by atoms with Gasteiger partial charge in [-0.2, -0.15) is 5.10 Å². The van der Waals surface area contributed by atoms with Crippen LogP contribution in [-0.2, 0) is 4.74 Å². The molecule has 0 aliphatic rings. The summed E-state index contributed by atoms with van der Waals surface area (Å²) < 4.78 is 10.1. The minimum Gasteiger partial charge on any atom is -0.480 e. The van der Waals surface area contributed by atoms with Crippen molar-refractivity contribution in [1.29, 1.82) is 0 Å². The number of nitrogens with zero attached hydrogens (tertiary/aromatic N) is 2. The lowest BCUT2D eigenvalue weighted by Gasteiger charge is -2.16. The Hall–Kier alpha value is -1.20. The highest BCUT2D eigenvalue weighted by molar-refractivity contribution is 5.14. The Labute approximate surface area is 96.2 Å². The molecular formula is C11H19N3O2. The first-order chi connectivity index (χ1) is 7.81. The summed E-state index contributed by atoms with van der Waals surface area (Å²) in [5, 5.41) is 11.4. The maximum Gasteiger partial charge on any atom is 0.233 e. The van der Waals surface area contributed by atoms with Crippen LogP contribution < -0.4 is 10.1 Å². The number of nitrogens with one attached hydrogen (secondary N) is 1. The van der Waals surface area contributed by atoms with E-state index in [1.165, 1.54) is 0 Å². The molecule has 5 heteroatoms. The second-order valence-corrected chi connectivity index (χ2v) is 3.46. The highest BCUT2D eigenvalue weighted by Crippen LogP contribution is 2.12. The van der Waals surface area contributed by atoms with Gasteiger partial charge in [0.2, 0.25) is 5.88 Å². The summed E-state index contributed by atoms with van der Waals surface area (Å²) in [7, 11) is 3.25. The van der Waals surface area contributed by atoms with Crippen LogP contribution in [0.15, 0.2) is 12.1 Å². The average Bonchev–Trinajstić information content (AvgIpc) is 2.35. The third-order valence-electron chi connectivity index (χ3n) is 2.20. The van der Waals surface area contributed by atoms with Gasteiger partial charge in [0.05, 0.1) is 25.5 Å². The Kier molecular flexibility index (Phi) is 5.74. The third kappa shape index (κ3) is 3.75. The second-order valence-electron chi connectivity index (χ2n) is 3.46. The fraction of sp³-hybridized carbons (Fsp3) is 0.636. The van der Waals surface area contributed by atoms with Gasteiger partial charge in [0, 0.05) is 13.2 Å². The van der Waals surface area contributed by atoms with Crippen molar-refractivity contribution >= 4 is 0 Å². The van der Waals surface area contributed by atoms with Gasteiger partial charge >= 0.3 is 0 Å². The van der Waals surface area contributed by atoms with Crippen LogP contribution in [0.1, 0.15) is 25.1 Å². The van der Waals surface area contributed by atoms with Crippen LogP contribution in [0.2, 0.25) is 0 Å². The molecule has 16 heavy (non-hydrogen) atoms. The number of aromatic nitrogens is 2. The molecule has 0 radical (unpaired) electrons. The van der Waals surface area contributed by atoms with E-state index < -0.39 is 0 Å². The Morgan fingerprint density at radius 2 is 2.12 bits per heavy atom. The number of hydrogen-bond donors (Lipinski definition) is 1. The molecule has 1 aromatic heterocycles. The summed E-state index contributed by atoms with van der Waals surface area (Å²) in [6.45, 7) is 3.64. The van der Waals surface area contributed by atoms with Crippen molar-refractivity contribution in [3.05, 3.63) is 17.8 Å². The standard InChI is InChI=1S/C11H19N3O2/c1-4-7-12-10(8-15-2)9-5-6-11(16-3)14-13-9/h5-6,10,12H,4,7-8H2,1-3H3. The zero-order valence-electron chi connectivity index (χ0n) is 10.1. The molecule has 1 N–H and O–H groups in total. The fourth-order valence-corrected chi connectivity index (χ4v) is 1.36. The number of methoxy groups -OCH3 is 2. The highest BCUT2D eigenvalue weighted by atomic mass is 16.5. The molecule has 1 aromatic rings. The van der Waals surface area contributed by atoms with Crippen molar-refractivity contribution in [2.75, 3.05) is 27.4 Å². The van der Waals surface area contributed by atoms with Gasteiger partial charge in [-0.1, -0.05) is 6.92 Å². The Morgan fingerprint density at radius 1 is 1.31 bits per heavy atom. The van der Waals surface area contributed by atoms with Gasteiger partial charge in [0.25, 0.3) is 0 Å². The first kappa shape index (κ1) is 12.9. The number of rotatable bonds is 7. The van der Waals surface area contributed by atoms with E-state index in [1.54, 1.807) is 20.3 Å². The van der Waals surface area contributed by atoms with Gasteiger partial charge in [-0.05, 0) is 19.0 Å². The Balaban J connectivity index is 2.67. The lowest BCUT2D eigenvalue weighted by molar-refractivity contribution is 0.165. The molecule has 5 nitrogen and oxygen atoms in total. The van der Waals surface area contributed by atoms with Crippen molar-refractivity contribution in [2.45, 2.75) is 19.4 Å². The smallest absolute Gasteiger partial charge is 0.233 e. The van der Waals surface area contributed by atoms with Crippen LogP contribution in [0.4, 0.5) is 0 Å². The normalized spacial score (nSPS) is 12.4. The first-order valence-electron chi connectivity index (χ1n) is 5.41. The topological polar surface area (TPSA) is 56.3 Å². The van der Waals surface area contributed by atoms with Crippen LogP contribution in [0.25, 0.3) is 0 Å². The molecule has 1 heterocycles. The molecular weight excluding hydrogens is 206 g/mol. The number of ether oxygens (including phenoxy) is 2. The largest absolute Gasteiger partial charge is 0.480 e. The van der Waals surface area contributed by atoms with E-state index in [9.17, 15) is 0 Å². The highest BCUT2D eigenvalue weighted by Gasteiger charge is 2.12. The molecule has 0 saturated heterocycles. The van der Waals surface area contributed by atoms with Gasteiger partial charge in [0.15, 0.2) is 0 Å². The summed E-state index contributed by atoms with van der Waals surface area (Å²) in [4.78, 5) is 0. The summed E-state index contributed by atoms with van der Waals surface area (Å²) in [5.41, 5.74) is 0.871. The van der Waals surface area contributed by atoms with Gasteiger partial charge in [-0.15, -0.1) is 5.10 Å². The molecule has 90 valence electrons. The van der Waals surface area contributed by atoms with Gasteiger partial charge in [0.1, 0.15) is 0 Å². The number of hydrogen-bond acceptors (Lipinski definition) is 5. The molecule has 1 rings (SSSR count).